The average molecular weight is 859 g/mol. The quantitative estimate of drug-likeness (QED) is 0.132. The van der Waals surface area contributed by atoms with Crippen LogP contribution in [0.2, 0.25) is 0 Å². The molecular formula is C46H32N6Os+2. The Morgan fingerprint density at radius 3 is 1.75 bits per heavy atom. The van der Waals surface area contributed by atoms with Crippen LogP contribution < -0.4 is 9.13 Å². The van der Waals surface area contributed by atoms with E-state index in [2.05, 4.69) is 109 Å². The molecule has 0 aliphatic rings. The van der Waals surface area contributed by atoms with Crippen molar-refractivity contribution >= 4 is 43.6 Å². The predicted octanol–water partition coefficient (Wildman–Crippen LogP) is 8.54. The van der Waals surface area contributed by atoms with E-state index in [9.17, 15) is 0 Å². The topological polar surface area (TPSA) is 43.4 Å². The minimum Gasteiger partial charge on any atom is -0.342 e. The van der Waals surface area contributed by atoms with Crippen LogP contribution in [-0.2, 0) is 33.9 Å². The summed E-state index contributed by atoms with van der Waals surface area (Å²) in [6.45, 7) is 0. The smallest absolute Gasteiger partial charge is 0.342 e. The molecule has 7 heteroatoms. The van der Waals surface area contributed by atoms with Crippen molar-refractivity contribution in [2.24, 2.45) is 14.1 Å². The fourth-order valence-corrected chi connectivity index (χ4v) is 6.85. The van der Waals surface area contributed by atoms with Gasteiger partial charge in [0.25, 0.3) is 0 Å². The fourth-order valence-electron chi connectivity index (χ4n) is 6.85. The molecule has 0 amide bonds. The van der Waals surface area contributed by atoms with Gasteiger partial charge in [-0.05, 0) is 34.0 Å². The van der Waals surface area contributed by atoms with Crippen LogP contribution in [0.5, 0.6) is 0 Å². The van der Waals surface area contributed by atoms with Crippen LogP contribution in [0.1, 0.15) is 0 Å². The summed E-state index contributed by atoms with van der Waals surface area (Å²) in [5.41, 5.74) is 10.1. The Bertz CT molecular complexity index is 2790. The number of fused-ring (bicyclic) bond motifs is 4. The van der Waals surface area contributed by atoms with Gasteiger partial charge < -0.3 is 18.3 Å². The van der Waals surface area contributed by atoms with Crippen molar-refractivity contribution in [3.05, 3.63) is 183 Å². The average Bonchev–Trinajstić information content (AvgIpc) is 3.74. The Labute approximate surface area is 320 Å². The number of hydrogen-bond donors (Lipinski definition) is 0. The SMILES string of the molecule is C[n+]1[c-]n(-c2[c-]c(-n3[c-][n+](C)c4ccccc43)ccc2)c2ccccc21.[Os+4].[c-]1ccccc1-c1nc(-c2nccc3ccccc23)cc2ccccc12. The van der Waals surface area contributed by atoms with Crippen LogP contribution in [0.4, 0.5) is 0 Å². The molecule has 0 aliphatic carbocycles. The van der Waals surface area contributed by atoms with Gasteiger partial charge in [0.1, 0.15) is 0 Å². The van der Waals surface area contributed by atoms with Crippen molar-refractivity contribution in [2.45, 2.75) is 0 Å². The van der Waals surface area contributed by atoms with E-state index in [1.165, 1.54) is 5.39 Å². The number of rotatable bonds is 4. The second-order valence-electron chi connectivity index (χ2n) is 12.6. The Morgan fingerprint density at radius 2 is 1.11 bits per heavy atom. The molecule has 0 atom stereocenters. The first-order valence-electron chi connectivity index (χ1n) is 17.1. The van der Waals surface area contributed by atoms with Gasteiger partial charge in [0.2, 0.25) is 12.7 Å². The molecule has 0 fully saturated rings. The largest absolute Gasteiger partial charge is 4.00 e. The van der Waals surface area contributed by atoms with E-state index >= 15 is 0 Å². The van der Waals surface area contributed by atoms with Gasteiger partial charge in [-0.15, -0.1) is 35.9 Å². The van der Waals surface area contributed by atoms with E-state index < -0.39 is 0 Å². The molecule has 0 spiro atoms. The van der Waals surface area contributed by atoms with Gasteiger partial charge in [-0.3, -0.25) is 9.97 Å². The van der Waals surface area contributed by atoms with Crippen LogP contribution in [0.3, 0.4) is 0 Å². The maximum absolute atomic E-state index is 5.00. The summed E-state index contributed by atoms with van der Waals surface area (Å²) in [5.74, 6) is 0. The van der Waals surface area contributed by atoms with Gasteiger partial charge in [-0.1, -0.05) is 108 Å². The first-order valence-corrected chi connectivity index (χ1v) is 17.1. The minimum atomic E-state index is 0. The number of hydrogen-bond acceptors (Lipinski definition) is 2. The Balaban J connectivity index is 0.000000148. The molecule has 0 saturated heterocycles. The summed E-state index contributed by atoms with van der Waals surface area (Å²) >= 11 is 0. The second-order valence-corrected chi connectivity index (χ2v) is 12.6. The van der Waals surface area contributed by atoms with Gasteiger partial charge in [0, 0.05) is 11.6 Å². The molecule has 6 aromatic carbocycles. The predicted molar refractivity (Wildman–Crippen MR) is 206 cm³/mol. The van der Waals surface area contributed by atoms with Crippen molar-refractivity contribution in [2.75, 3.05) is 0 Å². The third-order valence-electron chi connectivity index (χ3n) is 9.33. The summed E-state index contributed by atoms with van der Waals surface area (Å²) in [7, 11) is 4.02. The number of aryl methyl sites for hydroxylation is 2. The molecule has 252 valence electrons. The zero-order chi connectivity index (χ0) is 35.0. The maximum atomic E-state index is 5.00. The van der Waals surface area contributed by atoms with Crippen molar-refractivity contribution in [1.82, 2.24) is 19.1 Å². The van der Waals surface area contributed by atoms with E-state index in [0.717, 1.165) is 72.2 Å². The maximum Gasteiger partial charge on any atom is 4.00 e. The minimum absolute atomic E-state index is 0. The van der Waals surface area contributed by atoms with Crippen LogP contribution in [0.25, 0.3) is 77.6 Å². The van der Waals surface area contributed by atoms with Crippen molar-refractivity contribution in [3.8, 4) is 34.0 Å². The van der Waals surface area contributed by atoms with Crippen LogP contribution in [-0.4, -0.2) is 19.1 Å². The monoisotopic (exact) mass is 860 g/mol. The van der Waals surface area contributed by atoms with Crippen molar-refractivity contribution in [3.63, 3.8) is 0 Å². The van der Waals surface area contributed by atoms with Crippen LogP contribution in [0, 0.1) is 24.8 Å². The number of para-hydroxylation sites is 4. The molecule has 0 unspecified atom stereocenters. The number of imidazole rings is 2. The van der Waals surface area contributed by atoms with E-state index in [4.69, 9.17) is 4.98 Å². The van der Waals surface area contributed by atoms with E-state index in [-0.39, 0.29) is 19.8 Å². The van der Waals surface area contributed by atoms with Gasteiger partial charge >= 0.3 is 19.8 Å². The molecule has 0 radical (unpaired) electrons. The van der Waals surface area contributed by atoms with Crippen molar-refractivity contribution < 1.29 is 28.9 Å². The number of benzene rings is 6. The molecule has 0 aliphatic heterocycles. The van der Waals surface area contributed by atoms with E-state index in [1.54, 1.807) is 0 Å². The molecule has 10 rings (SSSR count). The van der Waals surface area contributed by atoms with Gasteiger partial charge in [-0.2, -0.15) is 24.3 Å². The summed E-state index contributed by atoms with van der Waals surface area (Å²) in [6.07, 6.45) is 8.58. The molecule has 10 aromatic rings. The molecule has 4 aromatic heterocycles. The second kappa shape index (κ2) is 14.4. The van der Waals surface area contributed by atoms with Crippen molar-refractivity contribution in [1.29, 1.82) is 0 Å². The number of aromatic nitrogens is 6. The third-order valence-corrected chi connectivity index (χ3v) is 9.33. The first-order chi connectivity index (χ1) is 25.6. The fraction of sp³-hybridized carbons (Fsp3) is 0.0435. The zero-order valence-corrected chi connectivity index (χ0v) is 31.6. The molecule has 53 heavy (non-hydrogen) atoms. The normalized spacial score (nSPS) is 11.1. The van der Waals surface area contributed by atoms with E-state index in [0.29, 0.717) is 0 Å². The van der Waals surface area contributed by atoms with E-state index in [1.807, 2.05) is 111 Å². The Hall–Kier alpha value is -6.28. The Kier molecular flexibility index (Phi) is 9.18. The summed E-state index contributed by atoms with van der Waals surface area (Å²) in [4.78, 5) is 9.64. The summed E-state index contributed by atoms with van der Waals surface area (Å²) in [5, 5.41) is 4.56. The first kappa shape index (κ1) is 33.8. The number of nitrogens with zero attached hydrogens (tertiary/aromatic N) is 6. The molecule has 0 saturated carbocycles. The summed E-state index contributed by atoms with van der Waals surface area (Å²) < 4.78 is 8.11. The molecular weight excluding hydrogens is 827 g/mol. The Morgan fingerprint density at radius 1 is 0.547 bits per heavy atom. The molecule has 0 N–H and O–H groups in total. The third kappa shape index (κ3) is 6.31. The van der Waals surface area contributed by atoms with Crippen LogP contribution >= 0.6 is 0 Å². The number of pyridine rings is 2. The molecule has 0 bridgehead atoms. The zero-order valence-electron chi connectivity index (χ0n) is 29.0. The van der Waals surface area contributed by atoms with Gasteiger partial charge in [0.05, 0.1) is 47.6 Å². The molecule has 6 nitrogen and oxygen atoms in total. The van der Waals surface area contributed by atoms with Gasteiger partial charge in [-0.25, -0.2) is 0 Å². The standard InChI is InChI=1S/C24H15N2.C22H17N4.Os/c1-2-9-18(10-3-1)23-21-13-7-5-11-19(21)16-22(26-23)24-20-12-6-4-8-17(20)14-15-25-24;1-23-15-25(21-12-5-3-10-19(21)23)17-8-7-9-18(14-17)26-16-24(2)20-11-4-6-13-22(20)26;/h1-9,11-16H;3-13H,1-2H3;/q2*-1;+4. The summed E-state index contributed by atoms with van der Waals surface area (Å²) in [6, 6.07) is 58.3. The van der Waals surface area contributed by atoms with Gasteiger partial charge in [0.15, 0.2) is 0 Å². The molecule has 4 heterocycles. The van der Waals surface area contributed by atoms with Crippen LogP contribution in [0.15, 0.2) is 158 Å².